The van der Waals surface area contributed by atoms with E-state index in [9.17, 15) is 4.79 Å². The van der Waals surface area contributed by atoms with Gasteiger partial charge in [0.15, 0.2) is 0 Å². The van der Waals surface area contributed by atoms with Crippen LogP contribution in [0.1, 0.15) is 50.0 Å². The third-order valence-electron chi connectivity index (χ3n) is 5.47. The highest BCUT2D eigenvalue weighted by atomic mass is 16.7. The van der Waals surface area contributed by atoms with E-state index in [1.54, 1.807) is 0 Å². The van der Waals surface area contributed by atoms with Gasteiger partial charge in [0.1, 0.15) is 18.0 Å². The number of hydrogen-bond acceptors (Lipinski definition) is 6. The van der Waals surface area contributed by atoms with Crippen LogP contribution in [0.4, 0.5) is 0 Å². The van der Waals surface area contributed by atoms with Crippen LogP contribution in [0.15, 0.2) is 27.8 Å². The smallest absolute Gasteiger partial charge is 0.364 e. The van der Waals surface area contributed by atoms with Crippen molar-refractivity contribution in [2.45, 2.75) is 52.7 Å². The van der Waals surface area contributed by atoms with Gasteiger partial charge in [-0.25, -0.2) is 4.79 Å². The SMILES string of the molecule is CC(=NOCCCCC1COC(C)(C(=O)O)OC1)c1ccc2c(C)c(C)oc2c1. The molecular formula is C22H29NO6. The predicted molar refractivity (Wildman–Crippen MR) is 109 cm³/mol. The molecule has 0 saturated carbocycles. The van der Waals surface area contributed by atoms with Gasteiger partial charge >= 0.3 is 5.97 Å². The van der Waals surface area contributed by atoms with Crippen molar-refractivity contribution in [2.75, 3.05) is 19.8 Å². The lowest BCUT2D eigenvalue weighted by atomic mass is 10.0. The van der Waals surface area contributed by atoms with Gasteiger partial charge in [0.25, 0.3) is 5.79 Å². The fourth-order valence-electron chi connectivity index (χ4n) is 3.30. The van der Waals surface area contributed by atoms with Crippen molar-refractivity contribution in [3.05, 3.63) is 35.1 Å². The molecule has 1 N–H and O–H groups in total. The molecule has 1 aliphatic rings. The summed E-state index contributed by atoms with van der Waals surface area (Å²) in [5.41, 5.74) is 3.81. The maximum absolute atomic E-state index is 11.1. The monoisotopic (exact) mass is 403 g/mol. The molecule has 0 spiro atoms. The van der Waals surface area contributed by atoms with Crippen molar-refractivity contribution < 1.29 is 28.6 Å². The average molecular weight is 403 g/mol. The number of aryl methyl sites for hydroxylation is 2. The van der Waals surface area contributed by atoms with E-state index in [0.29, 0.717) is 19.8 Å². The molecule has 1 aromatic carbocycles. The van der Waals surface area contributed by atoms with E-state index in [0.717, 1.165) is 47.3 Å². The number of fused-ring (bicyclic) bond motifs is 1. The molecule has 0 atom stereocenters. The lowest BCUT2D eigenvalue weighted by Crippen LogP contribution is -2.47. The van der Waals surface area contributed by atoms with Crippen molar-refractivity contribution in [2.24, 2.45) is 11.1 Å². The van der Waals surface area contributed by atoms with Gasteiger partial charge in [0.2, 0.25) is 0 Å². The van der Waals surface area contributed by atoms with Gasteiger partial charge in [-0.15, -0.1) is 0 Å². The molecule has 0 unspecified atom stereocenters. The van der Waals surface area contributed by atoms with Crippen molar-refractivity contribution in [1.82, 2.24) is 0 Å². The number of carboxylic acid groups (broad SMARTS) is 1. The van der Waals surface area contributed by atoms with Gasteiger partial charge in [-0.3, -0.25) is 0 Å². The zero-order chi connectivity index (χ0) is 21.0. The minimum atomic E-state index is -1.51. The molecule has 1 aromatic heterocycles. The van der Waals surface area contributed by atoms with Crippen LogP contribution in [-0.2, 0) is 19.1 Å². The number of hydrogen-bond donors (Lipinski definition) is 1. The number of rotatable bonds is 8. The fourth-order valence-corrected chi connectivity index (χ4v) is 3.30. The molecule has 7 heteroatoms. The molecule has 1 aliphatic heterocycles. The molecule has 3 rings (SSSR count). The van der Waals surface area contributed by atoms with Gasteiger partial charge < -0.3 is 23.8 Å². The zero-order valence-corrected chi connectivity index (χ0v) is 17.5. The Labute approximate surface area is 170 Å². The Kier molecular flexibility index (Phi) is 6.59. The molecule has 1 saturated heterocycles. The van der Waals surface area contributed by atoms with E-state index in [1.165, 1.54) is 12.5 Å². The van der Waals surface area contributed by atoms with Crippen LogP contribution in [0, 0.1) is 19.8 Å². The molecule has 1 fully saturated rings. The Bertz CT molecular complexity index is 892. The second-order valence-corrected chi connectivity index (χ2v) is 7.74. The first-order valence-corrected chi connectivity index (χ1v) is 9.98. The summed E-state index contributed by atoms with van der Waals surface area (Å²) in [6.45, 7) is 8.70. The Morgan fingerprint density at radius 2 is 2.00 bits per heavy atom. The van der Waals surface area contributed by atoms with Crippen molar-refractivity contribution >= 4 is 22.7 Å². The van der Waals surface area contributed by atoms with Gasteiger partial charge in [0, 0.05) is 23.8 Å². The minimum Gasteiger partial charge on any atom is -0.477 e. The third kappa shape index (κ3) is 4.97. The Morgan fingerprint density at radius 3 is 2.69 bits per heavy atom. The summed E-state index contributed by atoms with van der Waals surface area (Å²) in [6, 6.07) is 6.07. The summed E-state index contributed by atoms with van der Waals surface area (Å²) >= 11 is 0. The van der Waals surface area contributed by atoms with E-state index in [-0.39, 0.29) is 5.92 Å². The Hall–Kier alpha value is -2.38. The Balaban J connectivity index is 1.39. The lowest BCUT2D eigenvalue weighted by Gasteiger charge is -2.34. The van der Waals surface area contributed by atoms with E-state index >= 15 is 0 Å². The molecule has 7 nitrogen and oxygen atoms in total. The van der Waals surface area contributed by atoms with Crippen LogP contribution in [0.25, 0.3) is 11.0 Å². The van der Waals surface area contributed by atoms with Gasteiger partial charge in [-0.2, -0.15) is 0 Å². The Morgan fingerprint density at radius 1 is 1.28 bits per heavy atom. The molecule has 2 aromatic rings. The van der Waals surface area contributed by atoms with E-state index in [1.807, 2.05) is 26.0 Å². The number of furan rings is 1. The van der Waals surface area contributed by atoms with Crippen LogP contribution in [0.5, 0.6) is 0 Å². The van der Waals surface area contributed by atoms with E-state index < -0.39 is 11.8 Å². The number of carbonyl (C=O) groups is 1. The third-order valence-corrected chi connectivity index (χ3v) is 5.47. The van der Waals surface area contributed by atoms with Gasteiger partial charge in [0.05, 0.1) is 18.9 Å². The molecule has 29 heavy (non-hydrogen) atoms. The van der Waals surface area contributed by atoms with Gasteiger partial charge in [-0.1, -0.05) is 17.3 Å². The second kappa shape index (κ2) is 8.97. The summed E-state index contributed by atoms with van der Waals surface area (Å²) in [5.74, 6) is -1.46. The van der Waals surface area contributed by atoms with Crippen LogP contribution in [0.3, 0.4) is 0 Å². The molecule has 158 valence electrons. The molecular weight excluding hydrogens is 374 g/mol. The lowest BCUT2D eigenvalue weighted by molar-refractivity contribution is -0.271. The van der Waals surface area contributed by atoms with Crippen molar-refractivity contribution in [3.8, 4) is 0 Å². The largest absolute Gasteiger partial charge is 0.477 e. The maximum atomic E-state index is 11.1. The van der Waals surface area contributed by atoms with Crippen LogP contribution in [-0.4, -0.2) is 42.4 Å². The van der Waals surface area contributed by atoms with Crippen molar-refractivity contribution in [3.63, 3.8) is 0 Å². The minimum absolute atomic E-state index is 0.208. The predicted octanol–water partition coefficient (Wildman–Crippen LogP) is 4.42. The highest BCUT2D eigenvalue weighted by molar-refractivity contribution is 6.01. The zero-order valence-electron chi connectivity index (χ0n) is 17.5. The first-order chi connectivity index (χ1) is 13.8. The first-order valence-electron chi connectivity index (χ1n) is 9.98. The summed E-state index contributed by atoms with van der Waals surface area (Å²) in [7, 11) is 0. The van der Waals surface area contributed by atoms with Gasteiger partial charge in [-0.05, 0) is 51.7 Å². The number of aliphatic carboxylic acids is 1. The van der Waals surface area contributed by atoms with E-state index in [4.69, 9.17) is 23.8 Å². The fraction of sp³-hybridized carbons (Fsp3) is 0.545. The average Bonchev–Trinajstić information content (AvgIpc) is 2.99. The molecule has 0 bridgehead atoms. The van der Waals surface area contributed by atoms with Crippen LogP contribution in [0.2, 0.25) is 0 Å². The number of benzene rings is 1. The maximum Gasteiger partial charge on any atom is 0.364 e. The number of unbranched alkanes of at least 4 members (excludes halogenated alkanes) is 1. The number of carboxylic acids is 1. The quantitative estimate of drug-likeness (QED) is 0.398. The second-order valence-electron chi connectivity index (χ2n) is 7.74. The summed E-state index contributed by atoms with van der Waals surface area (Å²) in [6.07, 6.45) is 2.70. The van der Waals surface area contributed by atoms with E-state index in [2.05, 4.69) is 18.1 Å². The van der Waals surface area contributed by atoms with Crippen molar-refractivity contribution in [1.29, 1.82) is 0 Å². The number of nitrogens with zero attached hydrogens (tertiary/aromatic N) is 1. The summed E-state index contributed by atoms with van der Waals surface area (Å²) in [4.78, 5) is 16.5. The molecule has 0 amide bonds. The van der Waals surface area contributed by atoms with Crippen LogP contribution >= 0.6 is 0 Å². The van der Waals surface area contributed by atoms with Crippen LogP contribution < -0.4 is 0 Å². The highest BCUT2D eigenvalue weighted by Gasteiger charge is 2.40. The first kappa shape index (κ1) is 21.3. The summed E-state index contributed by atoms with van der Waals surface area (Å²) < 4.78 is 16.5. The normalized spacial score (nSPS) is 22.8. The number of ether oxygens (including phenoxy) is 2. The summed E-state index contributed by atoms with van der Waals surface area (Å²) in [5, 5.41) is 14.4. The topological polar surface area (TPSA) is 90.5 Å². The molecule has 2 heterocycles. The number of oxime groups is 1. The standard InChI is InChI=1S/C22H29NO6/c1-14-16(3)29-20-11-18(8-9-19(14)20)15(2)23-28-10-6-5-7-17-12-26-22(4,21(24)25)27-13-17/h8-9,11,17H,5-7,10,12-13H2,1-4H3,(H,24,25). The molecule has 0 radical (unpaired) electrons. The highest BCUT2D eigenvalue weighted by Crippen LogP contribution is 2.26. The molecule has 0 aliphatic carbocycles.